The van der Waals surface area contributed by atoms with Crippen molar-refractivity contribution in [3.05, 3.63) is 237 Å². The average molecular weight is 766 g/mol. The normalized spacial score (nSPS) is 11.3. The molecule has 11 aromatic rings. The Balaban J connectivity index is 0.957. The molecule has 0 aliphatic rings. The highest BCUT2D eigenvalue weighted by Crippen LogP contribution is 2.41. The van der Waals surface area contributed by atoms with Crippen LogP contribution in [0.15, 0.2) is 241 Å². The first-order valence-electron chi connectivity index (χ1n) is 20.5. The minimum Gasteiger partial charge on any atom is -0.456 e. The lowest BCUT2D eigenvalue weighted by Crippen LogP contribution is -2.09. The summed E-state index contributed by atoms with van der Waals surface area (Å²) in [5.74, 6) is 0. The van der Waals surface area contributed by atoms with Crippen molar-refractivity contribution in [3.8, 4) is 55.6 Å². The molecule has 0 bridgehead atoms. The molecular formula is C58H39NO. The Kier molecular flexibility index (Phi) is 8.87. The van der Waals surface area contributed by atoms with Crippen LogP contribution >= 0.6 is 0 Å². The average Bonchev–Trinajstić information content (AvgIpc) is 3.72. The highest BCUT2D eigenvalue weighted by atomic mass is 16.3. The van der Waals surface area contributed by atoms with Gasteiger partial charge in [0.1, 0.15) is 11.2 Å². The van der Waals surface area contributed by atoms with Gasteiger partial charge in [0.2, 0.25) is 0 Å². The molecule has 0 aliphatic carbocycles. The molecule has 0 saturated carbocycles. The third-order valence-electron chi connectivity index (χ3n) is 11.7. The zero-order valence-electron chi connectivity index (χ0n) is 32.9. The van der Waals surface area contributed by atoms with E-state index in [1.165, 1.54) is 55.3 Å². The van der Waals surface area contributed by atoms with Crippen molar-refractivity contribution in [3.63, 3.8) is 0 Å². The minimum atomic E-state index is 0.900. The predicted molar refractivity (Wildman–Crippen MR) is 253 cm³/mol. The van der Waals surface area contributed by atoms with Crippen molar-refractivity contribution >= 4 is 49.8 Å². The summed E-state index contributed by atoms with van der Waals surface area (Å²) in [6, 6.07) is 84.9. The van der Waals surface area contributed by atoms with E-state index >= 15 is 0 Å². The van der Waals surface area contributed by atoms with Crippen molar-refractivity contribution in [2.24, 2.45) is 0 Å². The van der Waals surface area contributed by atoms with Crippen LogP contribution in [0.25, 0.3) is 88.3 Å². The Morgan fingerprint density at radius 3 is 1.33 bits per heavy atom. The van der Waals surface area contributed by atoms with Gasteiger partial charge in [-0.25, -0.2) is 0 Å². The lowest BCUT2D eigenvalue weighted by molar-refractivity contribution is 0.669. The van der Waals surface area contributed by atoms with E-state index in [1.54, 1.807) is 0 Å². The van der Waals surface area contributed by atoms with Crippen molar-refractivity contribution < 1.29 is 4.42 Å². The fourth-order valence-corrected chi connectivity index (χ4v) is 8.61. The van der Waals surface area contributed by atoms with Crippen molar-refractivity contribution in [1.82, 2.24) is 0 Å². The largest absolute Gasteiger partial charge is 0.456 e. The van der Waals surface area contributed by atoms with Gasteiger partial charge in [-0.3, -0.25) is 0 Å². The summed E-state index contributed by atoms with van der Waals surface area (Å²) in [6.07, 6.45) is 0. The molecule has 0 N–H and O–H groups in total. The molecule has 0 aliphatic heterocycles. The third-order valence-corrected chi connectivity index (χ3v) is 11.7. The van der Waals surface area contributed by atoms with Crippen LogP contribution in [0.2, 0.25) is 0 Å². The van der Waals surface area contributed by atoms with Crippen LogP contribution in [-0.4, -0.2) is 0 Å². The molecule has 60 heavy (non-hydrogen) atoms. The molecule has 0 unspecified atom stereocenters. The number of anilines is 3. The van der Waals surface area contributed by atoms with E-state index in [9.17, 15) is 0 Å². The standard InChI is InChI=1S/C58H39NO/c1-2-11-40(12-3-1)46-15-8-16-47(37-46)42-25-31-51(32-26-42)59(53-35-29-44(30-36-53)54-20-10-22-57-58(54)55-19-6-7-21-56(55)60-57)52-33-27-43(28-34-52)48-17-9-18-49(38-48)50-24-23-41-13-4-5-14-45(41)39-50/h1-39H. The van der Waals surface area contributed by atoms with Gasteiger partial charge < -0.3 is 9.32 Å². The van der Waals surface area contributed by atoms with E-state index in [0.717, 1.165) is 50.1 Å². The van der Waals surface area contributed by atoms with Crippen molar-refractivity contribution in [2.45, 2.75) is 0 Å². The van der Waals surface area contributed by atoms with E-state index in [-0.39, 0.29) is 0 Å². The van der Waals surface area contributed by atoms with Crippen molar-refractivity contribution in [2.75, 3.05) is 4.90 Å². The topological polar surface area (TPSA) is 16.4 Å². The van der Waals surface area contributed by atoms with Crippen LogP contribution in [-0.2, 0) is 0 Å². The van der Waals surface area contributed by atoms with Gasteiger partial charge in [-0.1, -0.05) is 170 Å². The maximum Gasteiger partial charge on any atom is 0.136 e. The van der Waals surface area contributed by atoms with Gasteiger partial charge in [0, 0.05) is 27.8 Å². The summed E-state index contributed by atoms with van der Waals surface area (Å²) in [5, 5.41) is 4.78. The van der Waals surface area contributed by atoms with Crippen molar-refractivity contribution in [1.29, 1.82) is 0 Å². The van der Waals surface area contributed by atoms with E-state index in [4.69, 9.17) is 4.42 Å². The molecule has 1 aromatic heterocycles. The van der Waals surface area contributed by atoms with Crippen LogP contribution in [0.5, 0.6) is 0 Å². The summed E-state index contributed by atoms with van der Waals surface area (Å²) >= 11 is 0. The van der Waals surface area contributed by atoms with Gasteiger partial charge in [0.15, 0.2) is 0 Å². The summed E-state index contributed by atoms with van der Waals surface area (Å²) in [5.41, 5.74) is 16.9. The first-order valence-corrected chi connectivity index (χ1v) is 20.5. The maximum atomic E-state index is 6.24. The van der Waals surface area contributed by atoms with E-state index in [0.29, 0.717) is 0 Å². The lowest BCUT2D eigenvalue weighted by Gasteiger charge is -2.26. The molecular weight excluding hydrogens is 727 g/mol. The van der Waals surface area contributed by atoms with E-state index in [2.05, 4.69) is 229 Å². The quantitative estimate of drug-likeness (QED) is 0.153. The monoisotopic (exact) mass is 765 g/mol. The van der Waals surface area contributed by atoms with Crippen LogP contribution in [0.3, 0.4) is 0 Å². The van der Waals surface area contributed by atoms with Crippen LogP contribution < -0.4 is 4.90 Å². The van der Waals surface area contributed by atoms with Gasteiger partial charge in [-0.2, -0.15) is 0 Å². The molecule has 0 atom stereocenters. The third kappa shape index (κ3) is 6.61. The zero-order valence-corrected chi connectivity index (χ0v) is 32.9. The molecule has 0 saturated heterocycles. The van der Waals surface area contributed by atoms with Crippen LogP contribution in [0, 0.1) is 0 Å². The van der Waals surface area contributed by atoms with Gasteiger partial charge in [-0.05, 0) is 133 Å². The summed E-state index contributed by atoms with van der Waals surface area (Å²) < 4.78 is 6.24. The SMILES string of the molecule is c1ccc(-c2cccc(-c3ccc(N(c4ccc(-c5cccc(-c6ccc7ccccc7c6)c5)cc4)c4ccc(-c5cccc6oc7ccccc7c56)cc4)cc3)c2)cc1. The Hall–Kier alpha value is -7.94. The number of benzene rings is 10. The Bertz CT molecular complexity index is 3290. The first-order chi connectivity index (χ1) is 29.7. The van der Waals surface area contributed by atoms with Crippen LogP contribution in [0.4, 0.5) is 17.1 Å². The highest BCUT2D eigenvalue weighted by molar-refractivity contribution is 6.12. The second-order valence-corrected chi connectivity index (χ2v) is 15.3. The van der Waals surface area contributed by atoms with E-state index in [1.807, 2.05) is 12.1 Å². The fraction of sp³-hybridized carbons (Fsp3) is 0. The number of nitrogens with zero attached hydrogens (tertiary/aromatic N) is 1. The van der Waals surface area contributed by atoms with Gasteiger partial charge in [-0.15, -0.1) is 0 Å². The van der Waals surface area contributed by atoms with Crippen LogP contribution in [0.1, 0.15) is 0 Å². The second kappa shape index (κ2) is 15.1. The number of hydrogen-bond donors (Lipinski definition) is 0. The zero-order chi connectivity index (χ0) is 39.8. The van der Waals surface area contributed by atoms with Gasteiger partial charge >= 0.3 is 0 Å². The fourth-order valence-electron chi connectivity index (χ4n) is 8.61. The molecule has 0 amide bonds. The predicted octanol–water partition coefficient (Wildman–Crippen LogP) is 16.5. The maximum absolute atomic E-state index is 6.24. The molecule has 10 aromatic carbocycles. The number of para-hydroxylation sites is 1. The number of rotatable bonds is 8. The Labute approximate surface area is 349 Å². The molecule has 11 rings (SSSR count). The smallest absolute Gasteiger partial charge is 0.136 e. The second-order valence-electron chi connectivity index (χ2n) is 15.3. The molecule has 0 fully saturated rings. The Morgan fingerprint density at radius 2 is 0.700 bits per heavy atom. The van der Waals surface area contributed by atoms with E-state index < -0.39 is 0 Å². The minimum absolute atomic E-state index is 0.900. The Morgan fingerprint density at radius 1 is 0.267 bits per heavy atom. The first kappa shape index (κ1) is 35.2. The summed E-state index contributed by atoms with van der Waals surface area (Å²) in [7, 11) is 0. The highest BCUT2D eigenvalue weighted by Gasteiger charge is 2.16. The molecule has 0 radical (unpaired) electrons. The lowest BCUT2D eigenvalue weighted by atomic mass is 9.97. The number of hydrogen-bond acceptors (Lipinski definition) is 2. The molecule has 282 valence electrons. The molecule has 0 spiro atoms. The molecule has 2 nitrogen and oxygen atoms in total. The molecule has 1 heterocycles. The van der Waals surface area contributed by atoms with Gasteiger partial charge in [0.25, 0.3) is 0 Å². The number of fused-ring (bicyclic) bond motifs is 4. The van der Waals surface area contributed by atoms with Gasteiger partial charge in [0.05, 0.1) is 0 Å². The summed E-state index contributed by atoms with van der Waals surface area (Å²) in [4.78, 5) is 2.34. The summed E-state index contributed by atoms with van der Waals surface area (Å²) in [6.45, 7) is 0. The number of furan rings is 1. The molecule has 2 heteroatoms.